The van der Waals surface area contributed by atoms with E-state index < -0.39 is 0 Å². The maximum absolute atomic E-state index is 11.7. The van der Waals surface area contributed by atoms with E-state index in [1.807, 2.05) is 6.07 Å². The molecule has 0 aliphatic rings. The van der Waals surface area contributed by atoms with Crippen LogP contribution in [0.25, 0.3) is 0 Å². The van der Waals surface area contributed by atoms with Gasteiger partial charge in [-0.1, -0.05) is 18.2 Å². The van der Waals surface area contributed by atoms with Crippen LogP contribution in [0.4, 0.5) is 0 Å². The largest absolute Gasteiger partial charge is 0.344 e. The second-order valence-electron chi connectivity index (χ2n) is 4.01. The van der Waals surface area contributed by atoms with E-state index in [1.54, 1.807) is 36.2 Å². The van der Waals surface area contributed by atoms with Crippen LogP contribution in [0.15, 0.2) is 30.3 Å². The maximum Gasteiger partial charge on any atom is 0.251 e. The molecule has 0 aliphatic heterocycles. The molecule has 0 atom stereocenters. The lowest BCUT2D eigenvalue weighted by Crippen LogP contribution is -2.38. The van der Waals surface area contributed by atoms with Gasteiger partial charge in [0.25, 0.3) is 5.91 Å². The highest BCUT2D eigenvalue weighted by Gasteiger charge is 2.10. The highest BCUT2D eigenvalue weighted by atomic mass is 16.2. The average Bonchev–Trinajstić information content (AvgIpc) is 2.42. The van der Waals surface area contributed by atoms with Crippen LogP contribution in [-0.2, 0) is 4.79 Å². The van der Waals surface area contributed by atoms with Crippen LogP contribution in [0.1, 0.15) is 16.8 Å². The molecule has 98 valence electrons. The Labute approximate surface area is 107 Å². The fourth-order valence-electron chi connectivity index (χ4n) is 1.44. The van der Waals surface area contributed by atoms with E-state index in [-0.39, 0.29) is 18.4 Å². The second-order valence-corrected chi connectivity index (χ2v) is 4.01. The monoisotopic (exact) mass is 249 g/mol. The van der Waals surface area contributed by atoms with Crippen molar-refractivity contribution in [3.63, 3.8) is 0 Å². The smallest absolute Gasteiger partial charge is 0.251 e. The topological polar surface area (TPSA) is 75.4 Å². The first-order chi connectivity index (χ1) is 8.65. The first-order valence-electron chi connectivity index (χ1n) is 5.92. The standard InChI is InChI=1S/C13H19N3O2/c1-16(9-5-8-14)12(17)10-15-13(18)11-6-3-2-4-7-11/h2-4,6-7H,5,8-10,14H2,1H3,(H,15,18). The molecular weight excluding hydrogens is 230 g/mol. The molecule has 3 N–H and O–H groups in total. The van der Waals surface area contributed by atoms with Gasteiger partial charge < -0.3 is 16.0 Å². The number of nitrogens with zero attached hydrogens (tertiary/aromatic N) is 1. The lowest BCUT2D eigenvalue weighted by Gasteiger charge is -2.16. The van der Waals surface area contributed by atoms with Crippen LogP contribution < -0.4 is 11.1 Å². The van der Waals surface area contributed by atoms with Crippen molar-refractivity contribution in [3.05, 3.63) is 35.9 Å². The summed E-state index contributed by atoms with van der Waals surface area (Å²) in [6.07, 6.45) is 0.759. The molecule has 0 unspecified atom stereocenters. The van der Waals surface area contributed by atoms with Gasteiger partial charge in [-0.15, -0.1) is 0 Å². The molecule has 1 rings (SSSR count). The van der Waals surface area contributed by atoms with Crippen molar-refractivity contribution in [2.45, 2.75) is 6.42 Å². The van der Waals surface area contributed by atoms with Gasteiger partial charge in [0.15, 0.2) is 0 Å². The van der Waals surface area contributed by atoms with Gasteiger partial charge in [0.1, 0.15) is 0 Å². The fraction of sp³-hybridized carbons (Fsp3) is 0.385. The van der Waals surface area contributed by atoms with E-state index in [4.69, 9.17) is 5.73 Å². The third kappa shape index (κ3) is 4.55. The number of carbonyl (C=O) groups is 2. The van der Waals surface area contributed by atoms with E-state index in [0.29, 0.717) is 18.7 Å². The van der Waals surface area contributed by atoms with Crippen LogP contribution in [-0.4, -0.2) is 43.4 Å². The Morgan fingerprint density at radius 3 is 2.56 bits per heavy atom. The minimum absolute atomic E-state index is 0.00873. The van der Waals surface area contributed by atoms with Crippen molar-refractivity contribution in [1.82, 2.24) is 10.2 Å². The Bertz CT molecular complexity index is 392. The molecule has 0 saturated heterocycles. The van der Waals surface area contributed by atoms with Crippen molar-refractivity contribution in [3.8, 4) is 0 Å². The van der Waals surface area contributed by atoms with Crippen LogP contribution in [0.5, 0.6) is 0 Å². The van der Waals surface area contributed by atoms with Gasteiger partial charge in [-0.3, -0.25) is 9.59 Å². The predicted molar refractivity (Wildman–Crippen MR) is 70.1 cm³/mol. The molecule has 0 spiro atoms. The minimum Gasteiger partial charge on any atom is -0.344 e. The molecule has 0 aromatic heterocycles. The molecule has 18 heavy (non-hydrogen) atoms. The first-order valence-corrected chi connectivity index (χ1v) is 5.92. The zero-order chi connectivity index (χ0) is 13.4. The summed E-state index contributed by atoms with van der Waals surface area (Å²) in [7, 11) is 1.70. The lowest BCUT2D eigenvalue weighted by atomic mass is 10.2. The van der Waals surface area contributed by atoms with E-state index in [2.05, 4.69) is 5.32 Å². The number of carbonyl (C=O) groups excluding carboxylic acids is 2. The Kier molecular flexibility index (Phi) is 5.87. The van der Waals surface area contributed by atoms with E-state index in [9.17, 15) is 9.59 Å². The summed E-state index contributed by atoms with van der Waals surface area (Å²) in [4.78, 5) is 24.9. The molecule has 1 aromatic rings. The quantitative estimate of drug-likeness (QED) is 0.757. The first kappa shape index (κ1) is 14.2. The third-order valence-electron chi connectivity index (χ3n) is 2.56. The highest BCUT2D eigenvalue weighted by Crippen LogP contribution is 1.97. The summed E-state index contributed by atoms with van der Waals surface area (Å²) in [5, 5.41) is 2.59. The fourth-order valence-corrected chi connectivity index (χ4v) is 1.44. The minimum atomic E-state index is -0.240. The Balaban J connectivity index is 2.36. The lowest BCUT2D eigenvalue weighted by molar-refractivity contribution is -0.128. The number of nitrogens with one attached hydrogen (secondary N) is 1. The zero-order valence-electron chi connectivity index (χ0n) is 10.6. The maximum atomic E-state index is 11.7. The van der Waals surface area contributed by atoms with Crippen molar-refractivity contribution in [1.29, 1.82) is 0 Å². The van der Waals surface area contributed by atoms with Crippen LogP contribution in [0.3, 0.4) is 0 Å². The highest BCUT2D eigenvalue weighted by molar-refractivity contribution is 5.96. The second kappa shape index (κ2) is 7.45. The van der Waals surface area contributed by atoms with E-state index in [1.165, 1.54) is 0 Å². The summed E-state index contributed by atoms with van der Waals surface area (Å²) in [5.74, 6) is -0.357. The molecular formula is C13H19N3O2. The Hall–Kier alpha value is -1.88. The van der Waals surface area contributed by atoms with E-state index >= 15 is 0 Å². The van der Waals surface area contributed by atoms with Gasteiger partial charge in [-0.05, 0) is 25.1 Å². The predicted octanol–water partition coefficient (Wildman–Crippen LogP) is 0.224. The SMILES string of the molecule is CN(CCCN)C(=O)CNC(=O)c1ccccc1. The number of hydrogen-bond acceptors (Lipinski definition) is 3. The number of amides is 2. The number of likely N-dealkylation sites (N-methyl/N-ethyl adjacent to an activating group) is 1. The summed E-state index contributed by atoms with van der Waals surface area (Å²) in [6.45, 7) is 1.17. The van der Waals surface area contributed by atoms with Crippen LogP contribution in [0.2, 0.25) is 0 Å². The summed E-state index contributed by atoms with van der Waals surface area (Å²) in [5.41, 5.74) is 5.92. The Morgan fingerprint density at radius 2 is 1.94 bits per heavy atom. The normalized spacial score (nSPS) is 9.89. The molecule has 2 amide bonds. The molecule has 0 heterocycles. The number of nitrogens with two attached hydrogens (primary N) is 1. The van der Waals surface area contributed by atoms with Gasteiger partial charge in [-0.25, -0.2) is 0 Å². The van der Waals surface area contributed by atoms with Gasteiger partial charge in [0.05, 0.1) is 6.54 Å². The van der Waals surface area contributed by atoms with Crippen molar-refractivity contribution in [2.24, 2.45) is 5.73 Å². The van der Waals surface area contributed by atoms with Crippen molar-refractivity contribution >= 4 is 11.8 Å². The van der Waals surface area contributed by atoms with Gasteiger partial charge in [0, 0.05) is 19.2 Å². The number of rotatable bonds is 6. The molecule has 5 heteroatoms. The molecule has 0 bridgehead atoms. The summed E-state index contributed by atoms with van der Waals surface area (Å²) >= 11 is 0. The van der Waals surface area contributed by atoms with Gasteiger partial charge in [0.2, 0.25) is 5.91 Å². The molecule has 0 aliphatic carbocycles. The average molecular weight is 249 g/mol. The molecule has 1 aromatic carbocycles. The van der Waals surface area contributed by atoms with Crippen LogP contribution >= 0.6 is 0 Å². The van der Waals surface area contributed by atoms with Gasteiger partial charge >= 0.3 is 0 Å². The number of benzene rings is 1. The number of hydrogen-bond donors (Lipinski definition) is 2. The Morgan fingerprint density at radius 1 is 1.28 bits per heavy atom. The van der Waals surface area contributed by atoms with E-state index in [0.717, 1.165) is 6.42 Å². The molecule has 0 radical (unpaired) electrons. The summed E-state index contributed by atoms with van der Waals surface area (Å²) < 4.78 is 0. The third-order valence-corrected chi connectivity index (χ3v) is 2.56. The van der Waals surface area contributed by atoms with Crippen molar-refractivity contribution < 1.29 is 9.59 Å². The summed E-state index contributed by atoms with van der Waals surface area (Å²) in [6, 6.07) is 8.81. The van der Waals surface area contributed by atoms with Crippen molar-refractivity contribution in [2.75, 3.05) is 26.7 Å². The molecule has 0 saturated carbocycles. The zero-order valence-corrected chi connectivity index (χ0v) is 10.6. The van der Waals surface area contributed by atoms with Gasteiger partial charge in [-0.2, -0.15) is 0 Å². The van der Waals surface area contributed by atoms with Crippen LogP contribution in [0, 0.1) is 0 Å². The molecule has 0 fully saturated rings. The molecule has 5 nitrogen and oxygen atoms in total.